The van der Waals surface area contributed by atoms with E-state index >= 15 is 0 Å². The van der Waals surface area contributed by atoms with E-state index in [-0.39, 0.29) is 0 Å². The van der Waals surface area contributed by atoms with Gasteiger partial charge in [0.05, 0.1) is 5.69 Å². The van der Waals surface area contributed by atoms with Gasteiger partial charge in [-0.05, 0) is 47.1 Å². The summed E-state index contributed by atoms with van der Waals surface area (Å²) in [7, 11) is 0. The highest BCUT2D eigenvalue weighted by atomic mass is 79.9. The first-order chi connectivity index (χ1) is 10.7. The number of oxazole rings is 1. The van der Waals surface area contributed by atoms with Crippen molar-refractivity contribution >= 4 is 21.7 Å². The van der Waals surface area contributed by atoms with Gasteiger partial charge in [0.1, 0.15) is 12.1 Å². The van der Waals surface area contributed by atoms with Crippen molar-refractivity contribution in [3.63, 3.8) is 0 Å². The molecule has 1 N–H and O–H groups in total. The number of aromatic nitrogens is 2. The highest BCUT2D eigenvalue weighted by molar-refractivity contribution is 9.10. The third-order valence-electron chi connectivity index (χ3n) is 3.26. The number of rotatable bonds is 5. The maximum atomic E-state index is 5.55. The largest absolute Gasteiger partial charge is 0.444 e. The van der Waals surface area contributed by atoms with E-state index in [1.165, 1.54) is 5.56 Å². The number of pyridine rings is 1. The molecule has 2 aromatic heterocycles. The molecule has 4 nitrogen and oxygen atoms in total. The first-order valence-electron chi connectivity index (χ1n) is 7.07. The molecule has 1 aromatic carbocycles. The minimum atomic E-state index is 0.664. The van der Waals surface area contributed by atoms with Gasteiger partial charge in [-0.3, -0.25) is 0 Å². The van der Waals surface area contributed by atoms with Gasteiger partial charge in [0, 0.05) is 29.2 Å². The van der Waals surface area contributed by atoms with Gasteiger partial charge in [0.25, 0.3) is 0 Å². The van der Waals surface area contributed by atoms with E-state index in [1.807, 2.05) is 24.3 Å². The number of anilines is 1. The van der Waals surface area contributed by atoms with Crippen molar-refractivity contribution in [3.05, 3.63) is 64.6 Å². The molecule has 0 saturated carbocycles. The van der Waals surface area contributed by atoms with Crippen molar-refractivity contribution in [2.45, 2.75) is 13.3 Å². The van der Waals surface area contributed by atoms with Crippen LogP contribution >= 0.6 is 15.9 Å². The molecule has 3 rings (SSSR count). The number of nitrogens with one attached hydrogen (secondary N) is 1. The normalized spacial score (nSPS) is 10.6. The van der Waals surface area contributed by atoms with Gasteiger partial charge >= 0.3 is 0 Å². The third kappa shape index (κ3) is 3.74. The monoisotopic (exact) mass is 357 g/mol. The SMILES string of the molecule is Cc1ccc(-c2nc(CCNc3ccc(Br)cn3)co2)cc1. The van der Waals surface area contributed by atoms with E-state index < -0.39 is 0 Å². The summed E-state index contributed by atoms with van der Waals surface area (Å²) in [4.78, 5) is 8.79. The van der Waals surface area contributed by atoms with Gasteiger partial charge in [0.2, 0.25) is 5.89 Å². The molecule has 0 amide bonds. The summed E-state index contributed by atoms with van der Waals surface area (Å²) < 4.78 is 6.52. The fourth-order valence-electron chi connectivity index (χ4n) is 2.05. The lowest BCUT2D eigenvalue weighted by molar-refractivity contribution is 0.572. The molecular formula is C17H16BrN3O. The van der Waals surface area contributed by atoms with Crippen LogP contribution in [0.25, 0.3) is 11.5 Å². The third-order valence-corrected chi connectivity index (χ3v) is 3.73. The summed E-state index contributed by atoms with van der Waals surface area (Å²) in [5.74, 6) is 1.52. The molecule has 112 valence electrons. The van der Waals surface area contributed by atoms with Crippen LogP contribution in [0.15, 0.2) is 57.7 Å². The molecular weight excluding hydrogens is 342 g/mol. The highest BCUT2D eigenvalue weighted by Gasteiger charge is 2.06. The van der Waals surface area contributed by atoms with Crippen LogP contribution in [0.5, 0.6) is 0 Å². The second-order valence-corrected chi connectivity index (χ2v) is 5.96. The van der Waals surface area contributed by atoms with E-state index in [0.29, 0.717) is 5.89 Å². The standard InChI is InChI=1S/C17H16BrN3O/c1-12-2-4-13(5-3-12)17-21-15(11-22-17)8-9-19-16-7-6-14(18)10-20-16/h2-7,10-11H,8-9H2,1H3,(H,19,20). The smallest absolute Gasteiger partial charge is 0.226 e. The Morgan fingerprint density at radius 2 is 1.95 bits per heavy atom. The summed E-state index contributed by atoms with van der Waals surface area (Å²) in [6.07, 6.45) is 4.27. The number of aryl methyl sites for hydroxylation is 1. The molecule has 22 heavy (non-hydrogen) atoms. The average molecular weight is 358 g/mol. The lowest BCUT2D eigenvalue weighted by Gasteiger charge is -2.03. The predicted octanol–water partition coefficient (Wildman–Crippen LogP) is 4.46. The summed E-state index contributed by atoms with van der Waals surface area (Å²) in [5, 5.41) is 3.26. The molecule has 0 bridgehead atoms. The van der Waals surface area contributed by atoms with Gasteiger partial charge in [-0.15, -0.1) is 0 Å². The van der Waals surface area contributed by atoms with E-state index in [1.54, 1.807) is 12.5 Å². The molecule has 0 unspecified atom stereocenters. The Hall–Kier alpha value is -2.14. The van der Waals surface area contributed by atoms with Gasteiger partial charge in [0.15, 0.2) is 0 Å². The van der Waals surface area contributed by atoms with Crippen LogP contribution in [0.4, 0.5) is 5.82 Å². The number of benzene rings is 1. The second kappa shape index (κ2) is 6.75. The van der Waals surface area contributed by atoms with Crippen molar-refractivity contribution in [1.29, 1.82) is 0 Å². The Morgan fingerprint density at radius 1 is 1.14 bits per heavy atom. The zero-order valence-corrected chi connectivity index (χ0v) is 13.8. The summed E-state index contributed by atoms with van der Waals surface area (Å²) >= 11 is 3.37. The van der Waals surface area contributed by atoms with Gasteiger partial charge in [-0.25, -0.2) is 9.97 Å². The zero-order valence-electron chi connectivity index (χ0n) is 12.2. The summed E-state index contributed by atoms with van der Waals surface area (Å²) in [5.41, 5.74) is 3.15. The first kappa shape index (κ1) is 14.8. The number of hydrogen-bond donors (Lipinski definition) is 1. The van der Waals surface area contributed by atoms with Crippen molar-refractivity contribution in [2.75, 3.05) is 11.9 Å². The fraction of sp³-hybridized carbons (Fsp3) is 0.176. The molecule has 0 fully saturated rings. The minimum absolute atomic E-state index is 0.664. The van der Waals surface area contributed by atoms with Crippen molar-refractivity contribution in [3.8, 4) is 11.5 Å². The average Bonchev–Trinajstić information content (AvgIpc) is 2.99. The van der Waals surface area contributed by atoms with Crippen molar-refractivity contribution in [2.24, 2.45) is 0 Å². The van der Waals surface area contributed by atoms with Crippen LogP contribution in [0, 0.1) is 6.92 Å². The van der Waals surface area contributed by atoms with E-state index in [4.69, 9.17) is 4.42 Å². The van der Waals surface area contributed by atoms with E-state index in [2.05, 4.69) is 50.3 Å². The number of nitrogens with zero attached hydrogens (tertiary/aromatic N) is 2. The quantitative estimate of drug-likeness (QED) is 0.732. The Labute approximate surface area is 137 Å². The maximum absolute atomic E-state index is 5.55. The molecule has 0 saturated heterocycles. The van der Waals surface area contributed by atoms with Crippen LogP contribution in [-0.2, 0) is 6.42 Å². The van der Waals surface area contributed by atoms with Crippen LogP contribution in [0.3, 0.4) is 0 Å². The molecule has 2 heterocycles. The van der Waals surface area contributed by atoms with Crippen LogP contribution < -0.4 is 5.32 Å². The van der Waals surface area contributed by atoms with E-state index in [9.17, 15) is 0 Å². The fourth-order valence-corrected chi connectivity index (χ4v) is 2.28. The predicted molar refractivity (Wildman–Crippen MR) is 90.8 cm³/mol. The first-order valence-corrected chi connectivity index (χ1v) is 7.87. The molecule has 0 spiro atoms. The lowest BCUT2D eigenvalue weighted by atomic mass is 10.1. The highest BCUT2D eigenvalue weighted by Crippen LogP contribution is 2.19. The van der Waals surface area contributed by atoms with Gasteiger partial charge in [-0.1, -0.05) is 17.7 Å². The number of halogens is 1. The maximum Gasteiger partial charge on any atom is 0.226 e. The molecule has 0 radical (unpaired) electrons. The number of hydrogen-bond acceptors (Lipinski definition) is 4. The Kier molecular flexibility index (Phi) is 4.53. The Morgan fingerprint density at radius 3 is 2.68 bits per heavy atom. The topological polar surface area (TPSA) is 51.0 Å². The van der Waals surface area contributed by atoms with Crippen molar-refractivity contribution < 1.29 is 4.42 Å². The summed E-state index contributed by atoms with van der Waals surface area (Å²) in [6.45, 7) is 2.82. The van der Waals surface area contributed by atoms with Gasteiger partial charge in [-0.2, -0.15) is 0 Å². The Bertz CT molecular complexity index is 735. The van der Waals surface area contributed by atoms with Crippen LogP contribution in [0.2, 0.25) is 0 Å². The van der Waals surface area contributed by atoms with Crippen LogP contribution in [0.1, 0.15) is 11.3 Å². The molecule has 5 heteroatoms. The van der Waals surface area contributed by atoms with E-state index in [0.717, 1.165) is 34.5 Å². The minimum Gasteiger partial charge on any atom is -0.444 e. The van der Waals surface area contributed by atoms with Crippen LogP contribution in [-0.4, -0.2) is 16.5 Å². The second-order valence-electron chi connectivity index (χ2n) is 5.05. The molecule has 3 aromatic rings. The zero-order chi connectivity index (χ0) is 15.4. The molecule has 0 aliphatic carbocycles. The molecule has 0 atom stereocenters. The summed E-state index contributed by atoms with van der Waals surface area (Å²) in [6, 6.07) is 12.1. The molecule has 0 aliphatic rings. The molecule has 0 aliphatic heterocycles. The van der Waals surface area contributed by atoms with Gasteiger partial charge < -0.3 is 9.73 Å². The van der Waals surface area contributed by atoms with Crippen molar-refractivity contribution in [1.82, 2.24) is 9.97 Å². The lowest BCUT2D eigenvalue weighted by Crippen LogP contribution is -2.06. The Balaban J connectivity index is 1.57.